The molecule has 2 heterocycles. The van der Waals surface area contributed by atoms with Gasteiger partial charge in [-0.2, -0.15) is 0 Å². The highest BCUT2D eigenvalue weighted by atomic mass is 35.5. The highest BCUT2D eigenvalue weighted by Crippen LogP contribution is 2.51. The van der Waals surface area contributed by atoms with Gasteiger partial charge in [-0.25, -0.2) is 14.0 Å². The number of nitrogens with zero attached hydrogens (tertiary/aromatic N) is 3. The highest BCUT2D eigenvalue weighted by molar-refractivity contribution is 6.31. The Labute approximate surface area is 223 Å². The number of fused-ring (bicyclic) bond motifs is 1. The monoisotopic (exact) mass is 533 g/mol. The van der Waals surface area contributed by atoms with E-state index in [2.05, 4.69) is 0 Å². The van der Waals surface area contributed by atoms with Gasteiger partial charge in [0.1, 0.15) is 5.82 Å². The zero-order valence-electron chi connectivity index (χ0n) is 20.7. The number of ether oxygens (including phenoxy) is 1. The second-order valence-corrected chi connectivity index (χ2v) is 10.3. The number of likely N-dealkylation sites (tertiary alicyclic amines) is 1. The molecule has 0 radical (unpaired) electrons. The number of carbonyl (C=O) groups excluding carboxylic acids is 2. The Hall–Kier alpha value is -3.91. The third-order valence-corrected chi connectivity index (χ3v) is 7.86. The summed E-state index contributed by atoms with van der Waals surface area (Å²) in [4.78, 5) is 40.9. The van der Waals surface area contributed by atoms with E-state index >= 15 is 4.39 Å². The number of imidazole rings is 1. The minimum Gasteiger partial charge on any atom is -0.465 e. The number of esters is 1. The van der Waals surface area contributed by atoms with Crippen LogP contribution in [-0.4, -0.2) is 46.1 Å². The molecule has 0 N–H and O–H groups in total. The number of hydrogen-bond acceptors (Lipinski definition) is 4. The Morgan fingerprint density at radius 2 is 1.68 bits per heavy atom. The largest absolute Gasteiger partial charge is 0.465 e. The second kappa shape index (κ2) is 9.13. The summed E-state index contributed by atoms with van der Waals surface area (Å²) in [6.45, 7) is 1.50. The van der Waals surface area contributed by atoms with E-state index in [-0.39, 0.29) is 22.7 Å². The molecule has 6 rings (SSSR count). The number of rotatable bonds is 5. The molecule has 9 heteroatoms. The summed E-state index contributed by atoms with van der Waals surface area (Å²) in [5.74, 6) is -1.49. The van der Waals surface area contributed by atoms with Crippen molar-refractivity contribution in [1.29, 1.82) is 0 Å². The van der Waals surface area contributed by atoms with Crippen LogP contribution in [0.4, 0.5) is 4.39 Å². The molecular weight excluding hydrogens is 509 g/mol. The van der Waals surface area contributed by atoms with Crippen molar-refractivity contribution in [2.75, 3.05) is 20.2 Å². The van der Waals surface area contributed by atoms with Crippen LogP contribution in [0.15, 0.2) is 65.5 Å². The van der Waals surface area contributed by atoms with Crippen molar-refractivity contribution in [3.8, 4) is 5.69 Å². The summed E-state index contributed by atoms with van der Waals surface area (Å²) < 4.78 is 23.5. The second-order valence-electron chi connectivity index (χ2n) is 9.82. The first-order valence-corrected chi connectivity index (χ1v) is 12.9. The molecule has 4 aromatic rings. The zero-order chi connectivity index (χ0) is 26.6. The molecule has 2 aliphatic rings. The van der Waals surface area contributed by atoms with Gasteiger partial charge >= 0.3 is 11.7 Å². The normalized spacial score (nSPS) is 16.1. The van der Waals surface area contributed by atoms with Crippen molar-refractivity contribution in [2.24, 2.45) is 0 Å². The first-order chi connectivity index (χ1) is 18.4. The van der Waals surface area contributed by atoms with Crippen LogP contribution in [-0.2, 0) is 10.3 Å². The third-order valence-electron chi connectivity index (χ3n) is 7.62. The molecule has 1 aliphatic carbocycles. The number of halogens is 2. The fraction of sp³-hybridized carbons (Fsp3) is 0.276. The summed E-state index contributed by atoms with van der Waals surface area (Å²) >= 11 is 6.34. The van der Waals surface area contributed by atoms with Gasteiger partial charge in [0.05, 0.1) is 34.9 Å². The number of amides is 1. The van der Waals surface area contributed by atoms with Gasteiger partial charge in [-0.3, -0.25) is 13.9 Å². The number of hydrogen-bond donors (Lipinski definition) is 0. The standard InChI is InChI=1S/C29H25ClFN3O4/c1-38-27(36)21-5-4-6-22(25(21)31)29(13-14-29)34-23-12-9-19(30)17-24(23)33(28(34)37)20-10-7-18(8-11-20)26(35)32-15-2-3-16-32/h4-12,17H,2-3,13-16H2,1H3. The van der Waals surface area contributed by atoms with Crippen molar-refractivity contribution < 1.29 is 18.7 Å². The minimum atomic E-state index is -0.950. The van der Waals surface area contributed by atoms with Crippen LogP contribution in [0.5, 0.6) is 0 Å². The third kappa shape index (κ3) is 3.74. The molecule has 1 amide bonds. The zero-order valence-corrected chi connectivity index (χ0v) is 21.5. The van der Waals surface area contributed by atoms with Gasteiger partial charge in [-0.1, -0.05) is 23.7 Å². The summed E-state index contributed by atoms with van der Waals surface area (Å²) in [7, 11) is 1.20. The van der Waals surface area contributed by atoms with E-state index in [4.69, 9.17) is 16.3 Å². The predicted molar refractivity (Wildman–Crippen MR) is 142 cm³/mol. The summed E-state index contributed by atoms with van der Waals surface area (Å²) in [5, 5.41) is 0.452. The fourth-order valence-electron chi connectivity index (χ4n) is 5.58. The molecule has 1 saturated carbocycles. The van der Waals surface area contributed by atoms with E-state index in [0.717, 1.165) is 25.9 Å². The van der Waals surface area contributed by atoms with E-state index in [1.165, 1.54) is 17.7 Å². The summed E-state index contributed by atoms with van der Waals surface area (Å²) in [5.41, 5.74) is 1.07. The van der Waals surface area contributed by atoms with Gasteiger partial charge < -0.3 is 9.64 Å². The molecule has 7 nitrogen and oxygen atoms in total. The fourth-order valence-corrected chi connectivity index (χ4v) is 5.75. The van der Waals surface area contributed by atoms with Gasteiger partial charge in [0.25, 0.3) is 5.91 Å². The lowest BCUT2D eigenvalue weighted by molar-refractivity contribution is 0.0594. The lowest BCUT2D eigenvalue weighted by Crippen LogP contribution is -2.33. The molecule has 0 unspecified atom stereocenters. The lowest BCUT2D eigenvalue weighted by atomic mass is 10.00. The molecule has 0 spiro atoms. The van der Waals surface area contributed by atoms with Crippen LogP contribution in [0, 0.1) is 5.82 Å². The van der Waals surface area contributed by atoms with E-state index in [1.807, 2.05) is 4.90 Å². The Kier molecular flexibility index (Phi) is 5.87. The van der Waals surface area contributed by atoms with Crippen LogP contribution in [0.1, 0.15) is 52.0 Å². The van der Waals surface area contributed by atoms with Crippen LogP contribution < -0.4 is 5.69 Å². The minimum absolute atomic E-state index is 0.0234. The first kappa shape index (κ1) is 24.4. The van der Waals surface area contributed by atoms with Crippen molar-refractivity contribution in [3.05, 3.63) is 98.7 Å². The van der Waals surface area contributed by atoms with Gasteiger partial charge in [0, 0.05) is 29.2 Å². The Morgan fingerprint density at radius 3 is 2.34 bits per heavy atom. The van der Waals surface area contributed by atoms with Crippen molar-refractivity contribution in [2.45, 2.75) is 31.2 Å². The number of aromatic nitrogens is 2. The Morgan fingerprint density at radius 1 is 0.974 bits per heavy atom. The molecule has 1 saturated heterocycles. The van der Waals surface area contributed by atoms with Crippen molar-refractivity contribution in [1.82, 2.24) is 14.0 Å². The molecule has 2 fully saturated rings. The summed E-state index contributed by atoms with van der Waals surface area (Å²) in [6, 6.07) is 16.7. The maximum absolute atomic E-state index is 15.6. The van der Waals surface area contributed by atoms with Crippen LogP contribution in [0.25, 0.3) is 16.7 Å². The molecule has 0 bridgehead atoms. The van der Waals surface area contributed by atoms with E-state index < -0.39 is 17.3 Å². The van der Waals surface area contributed by atoms with E-state index in [9.17, 15) is 14.4 Å². The first-order valence-electron chi connectivity index (χ1n) is 12.6. The smallest absolute Gasteiger partial charge is 0.340 e. The molecule has 1 aromatic heterocycles. The molecule has 0 atom stereocenters. The quantitative estimate of drug-likeness (QED) is 0.333. The highest BCUT2D eigenvalue weighted by Gasteiger charge is 2.51. The number of benzene rings is 3. The maximum Gasteiger partial charge on any atom is 0.340 e. The van der Waals surface area contributed by atoms with Crippen LogP contribution >= 0.6 is 11.6 Å². The predicted octanol–water partition coefficient (Wildman–Crippen LogP) is 5.14. The SMILES string of the molecule is COC(=O)c1cccc(C2(n3c(=O)n(-c4ccc(C(=O)N5CCCC5)cc4)c4cc(Cl)ccc43)CC2)c1F. The topological polar surface area (TPSA) is 73.5 Å². The number of methoxy groups -OCH3 is 1. The molecule has 1 aliphatic heterocycles. The van der Waals surface area contributed by atoms with Gasteiger partial charge in [0.2, 0.25) is 0 Å². The Balaban J connectivity index is 1.49. The van der Waals surface area contributed by atoms with Gasteiger partial charge in [-0.05, 0) is 74.2 Å². The van der Waals surface area contributed by atoms with Gasteiger partial charge in [-0.15, -0.1) is 0 Å². The molecular formula is C29H25ClFN3O4. The molecule has 3 aromatic carbocycles. The van der Waals surface area contributed by atoms with Crippen molar-refractivity contribution in [3.63, 3.8) is 0 Å². The van der Waals surface area contributed by atoms with Crippen molar-refractivity contribution >= 4 is 34.5 Å². The van der Waals surface area contributed by atoms with E-state index in [0.29, 0.717) is 40.1 Å². The molecule has 38 heavy (non-hydrogen) atoms. The van der Waals surface area contributed by atoms with Crippen LogP contribution in [0.2, 0.25) is 5.02 Å². The summed E-state index contributed by atoms with van der Waals surface area (Å²) in [6.07, 6.45) is 3.06. The molecule has 194 valence electrons. The van der Waals surface area contributed by atoms with Gasteiger partial charge in [0.15, 0.2) is 0 Å². The lowest BCUT2D eigenvalue weighted by Gasteiger charge is -2.20. The maximum atomic E-state index is 15.6. The average molecular weight is 534 g/mol. The van der Waals surface area contributed by atoms with Crippen LogP contribution in [0.3, 0.4) is 0 Å². The number of carbonyl (C=O) groups is 2. The average Bonchev–Trinajstić information content (AvgIpc) is 3.39. The Bertz CT molecular complexity index is 1650. The van der Waals surface area contributed by atoms with E-state index in [1.54, 1.807) is 59.2 Å².